The van der Waals surface area contributed by atoms with Gasteiger partial charge in [-0.25, -0.2) is 9.97 Å². The minimum atomic E-state index is -4.35. The monoisotopic (exact) mass is 218 g/mol. The summed E-state index contributed by atoms with van der Waals surface area (Å²) < 4.78 is 36.4. The molecule has 0 fully saturated rings. The Hall–Kier alpha value is -1.13. The van der Waals surface area contributed by atoms with E-state index in [0.29, 0.717) is 12.2 Å². The van der Waals surface area contributed by atoms with Gasteiger partial charge in [-0.15, -0.1) is 0 Å². The molecule has 0 saturated heterocycles. The van der Waals surface area contributed by atoms with Gasteiger partial charge in [-0.1, -0.05) is 19.8 Å². The summed E-state index contributed by atoms with van der Waals surface area (Å²) >= 11 is 0. The van der Waals surface area contributed by atoms with Gasteiger partial charge in [0.05, 0.1) is 5.56 Å². The smallest absolute Gasteiger partial charge is 0.241 e. The molecule has 5 heteroatoms. The number of alkyl halides is 3. The minimum Gasteiger partial charge on any atom is -0.241 e. The Morgan fingerprint density at radius 2 is 1.73 bits per heavy atom. The van der Waals surface area contributed by atoms with Crippen LogP contribution < -0.4 is 0 Å². The van der Waals surface area contributed by atoms with Gasteiger partial charge in [-0.3, -0.25) is 0 Å². The second kappa shape index (κ2) is 5.09. The summed E-state index contributed by atoms with van der Waals surface area (Å²) in [5.74, 6) is 0.483. The molecule has 0 unspecified atom stereocenters. The van der Waals surface area contributed by atoms with Crippen LogP contribution >= 0.6 is 0 Å². The lowest BCUT2D eigenvalue weighted by atomic mass is 10.2. The Labute approximate surface area is 86.6 Å². The van der Waals surface area contributed by atoms with Crippen LogP contribution in [0.1, 0.15) is 37.6 Å². The van der Waals surface area contributed by atoms with E-state index in [1.165, 1.54) is 0 Å². The van der Waals surface area contributed by atoms with Gasteiger partial charge in [-0.05, 0) is 6.42 Å². The first-order valence-corrected chi connectivity index (χ1v) is 4.92. The fraction of sp³-hybridized carbons (Fsp3) is 0.600. The van der Waals surface area contributed by atoms with Crippen LogP contribution in [0.2, 0.25) is 0 Å². The highest BCUT2D eigenvalue weighted by molar-refractivity contribution is 5.09. The van der Waals surface area contributed by atoms with Crippen LogP contribution in [0, 0.1) is 0 Å². The molecule has 1 aromatic heterocycles. The summed E-state index contributed by atoms with van der Waals surface area (Å²) in [6, 6.07) is 0. The molecule has 0 aliphatic carbocycles. The van der Waals surface area contributed by atoms with Crippen molar-refractivity contribution < 1.29 is 13.2 Å². The summed E-state index contributed by atoms with van der Waals surface area (Å²) in [6.45, 7) is 2.06. The third kappa shape index (κ3) is 3.85. The molecule has 0 amide bonds. The highest BCUT2D eigenvalue weighted by Crippen LogP contribution is 2.27. The fourth-order valence-corrected chi connectivity index (χ4v) is 1.16. The highest BCUT2D eigenvalue weighted by Gasteiger charge is 2.31. The Kier molecular flexibility index (Phi) is 4.05. The normalized spacial score (nSPS) is 11.7. The lowest BCUT2D eigenvalue weighted by Gasteiger charge is -2.05. The zero-order valence-electron chi connectivity index (χ0n) is 8.51. The van der Waals surface area contributed by atoms with E-state index in [0.717, 1.165) is 31.7 Å². The Morgan fingerprint density at radius 3 is 2.20 bits per heavy atom. The van der Waals surface area contributed by atoms with Gasteiger partial charge in [-0.2, -0.15) is 13.2 Å². The molecule has 0 radical (unpaired) electrons. The average Bonchev–Trinajstić information content (AvgIpc) is 2.18. The molecule has 15 heavy (non-hydrogen) atoms. The van der Waals surface area contributed by atoms with Crippen molar-refractivity contribution in [3.8, 4) is 0 Å². The molecule has 1 rings (SSSR count). The van der Waals surface area contributed by atoms with Crippen molar-refractivity contribution in [3.05, 3.63) is 23.8 Å². The van der Waals surface area contributed by atoms with E-state index in [-0.39, 0.29) is 0 Å². The summed E-state index contributed by atoms with van der Waals surface area (Å²) in [4.78, 5) is 7.37. The zero-order chi connectivity index (χ0) is 11.3. The number of aryl methyl sites for hydroxylation is 1. The molecule has 84 valence electrons. The van der Waals surface area contributed by atoms with Crippen LogP contribution in [0.3, 0.4) is 0 Å². The van der Waals surface area contributed by atoms with Crippen molar-refractivity contribution in [2.24, 2.45) is 0 Å². The van der Waals surface area contributed by atoms with Gasteiger partial charge >= 0.3 is 6.18 Å². The minimum absolute atomic E-state index is 0.483. The number of hydrogen-bond donors (Lipinski definition) is 0. The number of aromatic nitrogens is 2. The first kappa shape index (κ1) is 11.9. The average molecular weight is 218 g/mol. The van der Waals surface area contributed by atoms with Crippen molar-refractivity contribution >= 4 is 0 Å². The van der Waals surface area contributed by atoms with E-state index in [4.69, 9.17) is 0 Å². The maximum atomic E-state index is 12.1. The Bertz CT molecular complexity index is 293. The van der Waals surface area contributed by atoms with Crippen LogP contribution in [0.5, 0.6) is 0 Å². The molecule has 0 aliphatic heterocycles. The van der Waals surface area contributed by atoms with E-state index < -0.39 is 11.7 Å². The van der Waals surface area contributed by atoms with Crippen LogP contribution in [-0.2, 0) is 12.6 Å². The molecular weight excluding hydrogens is 205 g/mol. The summed E-state index contributed by atoms with van der Waals surface area (Å²) in [7, 11) is 0. The van der Waals surface area contributed by atoms with E-state index in [1.807, 2.05) is 0 Å². The number of unbranched alkanes of at least 4 members (excludes halogenated alkanes) is 2. The van der Waals surface area contributed by atoms with Crippen LogP contribution in [0.25, 0.3) is 0 Å². The maximum Gasteiger partial charge on any atom is 0.419 e. The molecule has 0 N–H and O–H groups in total. The van der Waals surface area contributed by atoms with Crippen molar-refractivity contribution in [1.29, 1.82) is 0 Å². The van der Waals surface area contributed by atoms with E-state index in [9.17, 15) is 13.2 Å². The molecule has 1 heterocycles. The predicted molar refractivity (Wildman–Crippen MR) is 50.3 cm³/mol. The molecule has 0 aromatic carbocycles. The number of nitrogens with zero attached hydrogens (tertiary/aromatic N) is 2. The zero-order valence-corrected chi connectivity index (χ0v) is 8.51. The quantitative estimate of drug-likeness (QED) is 0.725. The van der Waals surface area contributed by atoms with Crippen molar-refractivity contribution in [2.45, 2.75) is 38.8 Å². The summed E-state index contributed by atoms with van der Waals surface area (Å²) in [5.41, 5.74) is -0.790. The van der Waals surface area contributed by atoms with Gasteiger partial charge in [0.15, 0.2) is 0 Å². The SMILES string of the molecule is CCCCCc1ncc(C(F)(F)F)cn1. The number of hydrogen-bond acceptors (Lipinski definition) is 2. The topological polar surface area (TPSA) is 25.8 Å². The van der Waals surface area contributed by atoms with E-state index >= 15 is 0 Å². The lowest BCUT2D eigenvalue weighted by molar-refractivity contribution is -0.138. The van der Waals surface area contributed by atoms with Crippen molar-refractivity contribution in [2.75, 3.05) is 0 Å². The molecule has 0 spiro atoms. The molecule has 0 saturated carbocycles. The predicted octanol–water partition coefficient (Wildman–Crippen LogP) is 3.23. The van der Waals surface area contributed by atoms with E-state index in [2.05, 4.69) is 16.9 Å². The first-order valence-electron chi connectivity index (χ1n) is 4.92. The fourth-order valence-electron chi connectivity index (χ4n) is 1.16. The standard InChI is InChI=1S/C10H13F3N2/c1-2-3-4-5-9-14-6-8(7-15-9)10(11,12)13/h6-7H,2-5H2,1H3. The van der Waals surface area contributed by atoms with E-state index in [1.54, 1.807) is 0 Å². The van der Waals surface area contributed by atoms with Gasteiger partial charge in [0.25, 0.3) is 0 Å². The van der Waals surface area contributed by atoms with Crippen molar-refractivity contribution in [3.63, 3.8) is 0 Å². The van der Waals surface area contributed by atoms with Gasteiger partial charge < -0.3 is 0 Å². The lowest BCUT2D eigenvalue weighted by Crippen LogP contribution is -2.07. The number of rotatable bonds is 4. The maximum absolute atomic E-state index is 12.1. The van der Waals surface area contributed by atoms with Crippen LogP contribution in [-0.4, -0.2) is 9.97 Å². The second-order valence-corrected chi connectivity index (χ2v) is 3.34. The molecule has 0 aliphatic rings. The third-order valence-electron chi connectivity index (χ3n) is 2.04. The van der Waals surface area contributed by atoms with Crippen molar-refractivity contribution in [1.82, 2.24) is 9.97 Å². The molecule has 0 atom stereocenters. The summed E-state index contributed by atoms with van der Waals surface area (Å²) in [6.07, 6.45) is 1.02. The molecule has 1 aromatic rings. The first-order chi connectivity index (χ1) is 7.04. The Balaban J connectivity index is 2.57. The summed E-state index contributed by atoms with van der Waals surface area (Å²) in [5, 5.41) is 0. The van der Waals surface area contributed by atoms with Gasteiger partial charge in [0.2, 0.25) is 0 Å². The van der Waals surface area contributed by atoms with Crippen LogP contribution in [0.4, 0.5) is 13.2 Å². The molecule has 2 nitrogen and oxygen atoms in total. The molecular formula is C10H13F3N2. The number of halogens is 3. The third-order valence-corrected chi connectivity index (χ3v) is 2.04. The molecule has 0 bridgehead atoms. The largest absolute Gasteiger partial charge is 0.419 e. The second-order valence-electron chi connectivity index (χ2n) is 3.34. The van der Waals surface area contributed by atoms with Crippen LogP contribution in [0.15, 0.2) is 12.4 Å². The van der Waals surface area contributed by atoms with Gasteiger partial charge in [0.1, 0.15) is 5.82 Å². The van der Waals surface area contributed by atoms with Gasteiger partial charge in [0, 0.05) is 18.8 Å². The highest BCUT2D eigenvalue weighted by atomic mass is 19.4. The Morgan fingerprint density at radius 1 is 1.13 bits per heavy atom.